The highest BCUT2D eigenvalue weighted by Crippen LogP contribution is 2.26. The fraction of sp³-hybridized carbons (Fsp3) is 0.167. The highest BCUT2D eigenvalue weighted by atomic mass is 16.5. The molecule has 3 rings (SSSR count). The van der Waals surface area contributed by atoms with E-state index in [9.17, 15) is 9.90 Å². The van der Waals surface area contributed by atoms with Gasteiger partial charge in [-0.05, 0) is 48.9 Å². The molecule has 5 heteroatoms. The second-order valence-electron chi connectivity index (χ2n) is 5.20. The van der Waals surface area contributed by atoms with Gasteiger partial charge in [0.15, 0.2) is 11.5 Å². The van der Waals surface area contributed by atoms with Gasteiger partial charge in [-0.3, -0.25) is 4.79 Å². The molecule has 0 unspecified atom stereocenters. The number of nitrogens with one attached hydrogen (secondary N) is 2. The van der Waals surface area contributed by atoms with Crippen molar-refractivity contribution < 1.29 is 14.6 Å². The second-order valence-corrected chi connectivity index (χ2v) is 5.20. The molecule has 0 aliphatic rings. The van der Waals surface area contributed by atoms with Crippen molar-refractivity contribution in [2.24, 2.45) is 0 Å². The van der Waals surface area contributed by atoms with Crippen LogP contribution < -0.4 is 10.1 Å². The van der Waals surface area contributed by atoms with E-state index < -0.39 is 0 Å². The van der Waals surface area contributed by atoms with Gasteiger partial charge in [-0.15, -0.1) is 0 Å². The highest BCUT2D eigenvalue weighted by molar-refractivity contribution is 5.98. The lowest BCUT2D eigenvalue weighted by Gasteiger charge is -2.09. The molecule has 0 spiro atoms. The van der Waals surface area contributed by atoms with Crippen molar-refractivity contribution >= 4 is 16.8 Å². The molecule has 0 radical (unpaired) electrons. The quantitative estimate of drug-likeness (QED) is 0.677. The zero-order chi connectivity index (χ0) is 16.2. The fourth-order valence-electron chi connectivity index (χ4n) is 2.42. The Morgan fingerprint density at radius 2 is 2.09 bits per heavy atom. The van der Waals surface area contributed by atoms with E-state index in [1.807, 2.05) is 31.3 Å². The van der Waals surface area contributed by atoms with Crippen LogP contribution in [-0.2, 0) is 6.54 Å². The summed E-state index contributed by atoms with van der Waals surface area (Å²) in [4.78, 5) is 15.4. The minimum absolute atomic E-state index is 0.0971. The molecule has 3 aromatic rings. The van der Waals surface area contributed by atoms with Gasteiger partial charge >= 0.3 is 0 Å². The van der Waals surface area contributed by atoms with Crippen LogP contribution in [0.25, 0.3) is 10.9 Å². The van der Waals surface area contributed by atoms with Crippen molar-refractivity contribution in [3.05, 3.63) is 59.8 Å². The van der Waals surface area contributed by atoms with Gasteiger partial charge < -0.3 is 20.1 Å². The molecule has 0 fully saturated rings. The SMILES string of the molecule is CCOc1cc(CNC(=O)c2ccc3[nH]ccc3c2)ccc1O. The number of rotatable bonds is 5. The first-order valence-corrected chi connectivity index (χ1v) is 7.47. The molecule has 0 bridgehead atoms. The topological polar surface area (TPSA) is 74.3 Å². The monoisotopic (exact) mass is 310 g/mol. The third kappa shape index (κ3) is 3.29. The van der Waals surface area contributed by atoms with E-state index in [0.717, 1.165) is 16.5 Å². The highest BCUT2D eigenvalue weighted by Gasteiger charge is 2.08. The Balaban J connectivity index is 1.69. The van der Waals surface area contributed by atoms with Gasteiger partial charge in [-0.1, -0.05) is 6.07 Å². The van der Waals surface area contributed by atoms with Gasteiger partial charge in [0.1, 0.15) is 0 Å². The first-order valence-electron chi connectivity index (χ1n) is 7.47. The zero-order valence-corrected chi connectivity index (χ0v) is 12.8. The molecule has 23 heavy (non-hydrogen) atoms. The second kappa shape index (κ2) is 6.44. The summed E-state index contributed by atoms with van der Waals surface area (Å²) in [6, 6.07) is 12.5. The van der Waals surface area contributed by atoms with Crippen LogP contribution >= 0.6 is 0 Å². The lowest BCUT2D eigenvalue weighted by molar-refractivity contribution is 0.0951. The van der Waals surface area contributed by atoms with Gasteiger partial charge in [-0.2, -0.15) is 0 Å². The third-order valence-corrected chi connectivity index (χ3v) is 3.59. The van der Waals surface area contributed by atoms with Gasteiger partial charge in [0.25, 0.3) is 5.91 Å². The number of carbonyl (C=O) groups is 1. The van der Waals surface area contributed by atoms with Crippen molar-refractivity contribution in [3.63, 3.8) is 0 Å². The molecular formula is C18H18N2O3. The molecule has 0 atom stereocenters. The number of ether oxygens (including phenoxy) is 1. The van der Waals surface area contributed by atoms with Crippen LogP contribution in [0.5, 0.6) is 11.5 Å². The molecule has 0 saturated heterocycles. The molecule has 1 amide bonds. The van der Waals surface area contributed by atoms with Crippen LogP contribution in [0.1, 0.15) is 22.8 Å². The first kappa shape index (κ1) is 15.0. The summed E-state index contributed by atoms with van der Waals surface area (Å²) in [6.07, 6.45) is 1.85. The van der Waals surface area contributed by atoms with E-state index in [4.69, 9.17) is 4.74 Å². The number of fused-ring (bicyclic) bond motifs is 1. The summed E-state index contributed by atoms with van der Waals surface area (Å²) in [7, 11) is 0. The molecule has 0 aliphatic heterocycles. The minimum Gasteiger partial charge on any atom is -0.504 e. The molecule has 1 aromatic heterocycles. The summed E-state index contributed by atoms with van der Waals surface area (Å²) >= 11 is 0. The number of carbonyl (C=O) groups excluding carboxylic acids is 1. The van der Waals surface area contributed by atoms with E-state index in [1.54, 1.807) is 24.3 Å². The Bertz CT molecular complexity index is 839. The molecule has 2 aromatic carbocycles. The molecule has 0 saturated carbocycles. The van der Waals surface area contributed by atoms with Gasteiger partial charge in [0.05, 0.1) is 6.61 Å². The molecule has 1 heterocycles. The maximum Gasteiger partial charge on any atom is 0.251 e. The largest absolute Gasteiger partial charge is 0.504 e. The van der Waals surface area contributed by atoms with Crippen molar-refractivity contribution in [1.29, 1.82) is 0 Å². The van der Waals surface area contributed by atoms with Crippen LogP contribution in [0.2, 0.25) is 0 Å². The number of hydrogen-bond donors (Lipinski definition) is 3. The number of H-pyrrole nitrogens is 1. The summed E-state index contributed by atoms with van der Waals surface area (Å²) in [6.45, 7) is 2.69. The van der Waals surface area contributed by atoms with Crippen molar-refractivity contribution in [2.45, 2.75) is 13.5 Å². The average Bonchev–Trinajstić information content (AvgIpc) is 3.03. The van der Waals surface area contributed by atoms with Crippen LogP contribution in [0.15, 0.2) is 48.7 Å². The zero-order valence-electron chi connectivity index (χ0n) is 12.8. The number of benzene rings is 2. The normalized spacial score (nSPS) is 10.7. The Kier molecular flexibility index (Phi) is 4.19. The summed E-state index contributed by atoms with van der Waals surface area (Å²) < 4.78 is 5.34. The maximum atomic E-state index is 12.3. The molecule has 0 aliphatic carbocycles. The number of hydrogen-bond acceptors (Lipinski definition) is 3. The smallest absolute Gasteiger partial charge is 0.251 e. The molecule has 5 nitrogen and oxygen atoms in total. The minimum atomic E-state index is -0.140. The van der Waals surface area contributed by atoms with Crippen LogP contribution in [0, 0.1) is 0 Å². The first-order chi connectivity index (χ1) is 11.2. The summed E-state index contributed by atoms with van der Waals surface area (Å²) in [5.74, 6) is 0.381. The Hall–Kier alpha value is -2.95. The standard InChI is InChI=1S/C18H18N2O3/c1-2-23-17-9-12(3-6-16(17)21)11-20-18(22)14-4-5-15-13(10-14)7-8-19-15/h3-10,19,21H,2,11H2,1H3,(H,20,22). The van der Waals surface area contributed by atoms with Crippen LogP contribution in [0.4, 0.5) is 0 Å². The van der Waals surface area contributed by atoms with E-state index in [1.165, 1.54) is 0 Å². The van der Waals surface area contributed by atoms with Crippen molar-refractivity contribution in [3.8, 4) is 11.5 Å². The molecular weight excluding hydrogens is 292 g/mol. The Morgan fingerprint density at radius 1 is 1.22 bits per heavy atom. The number of aromatic nitrogens is 1. The molecule has 118 valence electrons. The third-order valence-electron chi connectivity index (χ3n) is 3.59. The number of phenols is 1. The summed E-state index contributed by atoms with van der Waals surface area (Å²) in [5, 5.41) is 13.6. The number of aromatic amines is 1. The Morgan fingerprint density at radius 3 is 2.91 bits per heavy atom. The molecule has 3 N–H and O–H groups in total. The van der Waals surface area contributed by atoms with Crippen LogP contribution in [0.3, 0.4) is 0 Å². The lowest BCUT2D eigenvalue weighted by atomic mass is 10.1. The van der Waals surface area contributed by atoms with Crippen molar-refractivity contribution in [2.75, 3.05) is 6.61 Å². The lowest BCUT2D eigenvalue weighted by Crippen LogP contribution is -2.22. The predicted octanol–water partition coefficient (Wildman–Crippen LogP) is 3.20. The Labute approximate surface area is 133 Å². The van der Waals surface area contributed by atoms with E-state index in [2.05, 4.69) is 10.3 Å². The summed E-state index contributed by atoms with van der Waals surface area (Å²) in [5.41, 5.74) is 2.48. The van der Waals surface area contributed by atoms with E-state index in [0.29, 0.717) is 24.5 Å². The van der Waals surface area contributed by atoms with E-state index in [-0.39, 0.29) is 11.7 Å². The van der Waals surface area contributed by atoms with Crippen molar-refractivity contribution in [1.82, 2.24) is 10.3 Å². The van der Waals surface area contributed by atoms with Gasteiger partial charge in [0, 0.05) is 29.2 Å². The average molecular weight is 310 g/mol. The fourth-order valence-corrected chi connectivity index (χ4v) is 2.42. The van der Waals surface area contributed by atoms with Crippen LogP contribution in [-0.4, -0.2) is 22.6 Å². The van der Waals surface area contributed by atoms with Gasteiger partial charge in [0.2, 0.25) is 0 Å². The maximum absolute atomic E-state index is 12.3. The number of amides is 1. The number of phenolic OH excluding ortho intramolecular Hbond substituents is 1. The predicted molar refractivity (Wildman–Crippen MR) is 88.7 cm³/mol. The number of aromatic hydroxyl groups is 1. The van der Waals surface area contributed by atoms with Gasteiger partial charge in [-0.25, -0.2) is 0 Å². The van der Waals surface area contributed by atoms with E-state index >= 15 is 0 Å².